The monoisotopic (exact) mass is 217 g/mol. The van der Waals surface area contributed by atoms with Crippen LogP contribution in [-0.2, 0) is 14.2 Å². The van der Waals surface area contributed by atoms with E-state index in [1.165, 1.54) is 0 Å². The summed E-state index contributed by atoms with van der Waals surface area (Å²) in [5.41, 5.74) is 0.469. The molecular weight excluding hydrogens is 194 g/mol. The largest absolute Gasteiger partial charge is 0.382 e. The van der Waals surface area contributed by atoms with Gasteiger partial charge >= 0.3 is 0 Å². The first-order valence-electron chi connectivity index (χ1n) is 5.62. The summed E-state index contributed by atoms with van der Waals surface area (Å²) in [6.07, 6.45) is 1.14. The minimum absolute atomic E-state index is 0.469. The molecule has 1 saturated heterocycles. The van der Waals surface area contributed by atoms with Gasteiger partial charge in [-0.05, 0) is 11.8 Å². The second kappa shape index (κ2) is 7.17. The van der Waals surface area contributed by atoms with Crippen LogP contribution in [0, 0.1) is 5.41 Å². The summed E-state index contributed by atoms with van der Waals surface area (Å²) in [6, 6.07) is 0. The molecule has 15 heavy (non-hydrogen) atoms. The molecule has 0 bridgehead atoms. The van der Waals surface area contributed by atoms with Crippen molar-refractivity contribution in [1.29, 1.82) is 0 Å². The van der Waals surface area contributed by atoms with E-state index < -0.39 is 0 Å². The fourth-order valence-corrected chi connectivity index (χ4v) is 1.51. The van der Waals surface area contributed by atoms with E-state index in [1.807, 2.05) is 0 Å². The first-order valence-corrected chi connectivity index (χ1v) is 5.62. The van der Waals surface area contributed by atoms with Gasteiger partial charge in [-0.2, -0.15) is 0 Å². The molecule has 1 rings (SSSR count). The highest BCUT2D eigenvalue weighted by molar-refractivity contribution is 4.87. The van der Waals surface area contributed by atoms with Crippen LogP contribution in [0.5, 0.6) is 0 Å². The standard InChI is InChI=1S/C11H23NO3/c1-11(9-12-10-11)3-4-14-7-8-15-6-5-13-2/h12H,3-10H2,1-2H3. The zero-order valence-corrected chi connectivity index (χ0v) is 9.88. The number of methoxy groups -OCH3 is 1. The van der Waals surface area contributed by atoms with Gasteiger partial charge < -0.3 is 19.5 Å². The van der Waals surface area contributed by atoms with E-state index in [0.717, 1.165) is 26.1 Å². The van der Waals surface area contributed by atoms with Crippen LogP contribution in [0.15, 0.2) is 0 Å². The molecule has 0 aromatic rings. The second-order valence-electron chi connectivity index (χ2n) is 4.38. The third-order valence-electron chi connectivity index (χ3n) is 2.76. The van der Waals surface area contributed by atoms with Crippen LogP contribution in [0.25, 0.3) is 0 Å². The summed E-state index contributed by atoms with van der Waals surface area (Å²) in [6.45, 7) is 8.05. The summed E-state index contributed by atoms with van der Waals surface area (Å²) in [5.74, 6) is 0. The molecule has 0 unspecified atom stereocenters. The number of hydrogen-bond donors (Lipinski definition) is 1. The predicted octanol–water partition coefficient (Wildman–Crippen LogP) is 0.666. The van der Waals surface area contributed by atoms with Crippen molar-refractivity contribution in [1.82, 2.24) is 5.32 Å². The van der Waals surface area contributed by atoms with Gasteiger partial charge in [0, 0.05) is 26.8 Å². The highest BCUT2D eigenvalue weighted by Gasteiger charge is 2.30. The first kappa shape index (κ1) is 12.9. The summed E-state index contributed by atoms with van der Waals surface area (Å²) in [4.78, 5) is 0. The normalized spacial score (nSPS) is 18.8. The Hall–Kier alpha value is -0.160. The molecule has 1 aliphatic heterocycles. The molecule has 0 spiro atoms. The van der Waals surface area contributed by atoms with Crippen molar-refractivity contribution in [2.24, 2.45) is 5.41 Å². The first-order chi connectivity index (χ1) is 7.27. The number of hydrogen-bond acceptors (Lipinski definition) is 4. The molecule has 0 saturated carbocycles. The summed E-state index contributed by atoms with van der Waals surface area (Å²) in [7, 11) is 1.67. The van der Waals surface area contributed by atoms with Gasteiger partial charge in [0.25, 0.3) is 0 Å². The predicted molar refractivity (Wildman–Crippen MR) is 59.1 cm³/mol. The Morgan fingerprint density at radius 2 is 1.60 bits per heavy atom. The fraction of sp³-hybridized carbons (Fsp3) is 1.00. The van der Waals surface area contributed by atoms with E-state index in [-0.39, 0.29) is 0 Å². The molecule has 1 heterocycles. The molecule has 1 N–H and O–H groups in total. The van der Waals surface area contributed by atoms with Gasteiger partial charge in [0.2, 0.25) is 0 Å². The van der Waals surface area contributed by atoms with Crippen LogP contribution in [0.3, 0.4) is 0 Å². The van der Waals surface area contributed by atoms with E-state index in [4.69, 9.17) is 14.2 Å². The second-order valence-corrected chi connectivity index (χ2v) is 4.38. The average Bonchev–Trinajstić information content (AvgIpc) is 2.19. The Kier molecular flexibility index (Phi) is 6.17. The van der Waals surface area contributed by atoms with Crippen LogP contribution < -0.4 is 5.32 Å². The average molecular weight is 217 g/mol. The van der Waals surface area contributed by atoms with E-state index in [9.17, 15) is 0 Å². The lowest BCUT2D eigenvalue weighted by molar-refractivity contribution is 0.0130. The maximum Gasteiger partial charge on any atom is 0.0701 e. The molecule has 90 valence electrons. The fourth-order valence-electron chi connectivity index (χ4n) is 1.51. The summed E-state index contributed by atoms with van der Waals surface area (Å²) < 4.78 is 15.6. The highest BCUT2D eigenvalue weighted by Crippen LogP contribution is 2.25. The topological polar surface area (TPSA) is 39.7 Å². The molecule has 4 nitrogen and oxygen atoms in total. The van der Waals surface area contributed by atoms with Crippen LogP contribution in [0.2, 0.25) is 0 Å². The molecular formula is C11H23NO3. The zero-order valence-electron chi connectivity index (χ0n) is 9.88. The number of rotatable bonds is 9. The summed E-state index contributed by atoms with van der Waals surface area (Å²) in [5, 5.41) is 3.28. The third-order valence-corrected chi connectivity index (χ3v) is 2.76. The Balaban J connectivity index is 1.77. The van der Waals surface area contributed by atoms with Crippen LogP contribution in [0.1, 0.15) is 13.3 Å². The third kappa shape index (κ3) is 5.47. The highest BCUT2D eigenvalue weighted by atomic mass is 16.5. The van der Waals surface area contributed by atoms with E-state index in [2.05, 4.69) is 12.2 Å². The van der Waals surface area contributed by atoms with Crippen molar-refractivity contribution < 1.29 is 14.2 Å². The lowest BCUT2D eigenvalue weighted by atomic mass is 9.81. The lowest BCUT2D eigenvalue weighted by Gasteiger charge is -2.39. The van der Waals surface area contributed by atoms with Gasteiger partial charge in [0.15, 0.2) is 0 Å². The van der Waals surface area contributed by atoms with E-state index >= 15 is 0 Å². The van der Waals surface area contributed by atoms with Crippen molar-refractivity contribution in [3.63, 3.8) is 0 Å². The van der Waals surface area contributed by atoms with E-state index in [1.54, 1.807) is 7.11 Å². The quantitative estimate of drug-likeness (QED) is 0.576. The molecule has 0 aromatic carbocycles. The van der Waals surface area contributed by atoms with Crippen molar-refractivity contribution in [3.8, 4) is 0 Å². The molecule has 0 aliphatic carbocycles. The Labute approximate surface area is 92.3 Å². The van der Waals surface area contributed by atoms with Gasteiger partial charge in [-0.25, -0.2) is 0 Å². The van der Waals surface area contributed by atoms with Gasteiger partial charge in [-0.15, -0.1) is 0 Å². The lowest BCUT2D eigenvalue weighted by Crippen LogP contribution is -2.51. The van der Waals surface area contributed by atoms with Gasteiger partial charge in [-0.1, -0.05) is 6.92 Å². The Bertz CT molecular complexity index is 160. The minimum Gasteiger partial charge on any atom is -0.382 e. The molecule has 0 amide bonds. The van der Waals surface area contributed by atoms with Crippen molar-refractivity contribution in [2.75, 3.05) is 53.2 Å². The van der Waals surface area contributed by atoms with Crippen LogP contribution in [-0.4, -0.2) is 53.2 Å². The Morgan fingerprint density at radius 3 is 2.13 bits per heavy atom. The molecule has 4 heteroatoms. The SMILES string of the molecule is COCCOCCOCCC1(C)CNC1. The Morgan fingerprint density at radius 1 is 1.00 bits per heavy atom. The van der Waals surface area contributed by atoms with Crippen molar-refractivity contribution >= 4 is 0 Å². The van der Waals surface area contributed by atoms with Gasteiger partial charge in [0.05, 0.1) is 26.4 Å². The van der Waals surface area contributed by atoms with Crippen molar-refractivity contribution in [3.05, 3.63) is 0 Å². The molecule has 0 aromatic heterocycles. The number of ether oxygens (including phenoxy) is 3. The molecule has 0 atom stereocenters. The molecule has 0 radical (unpaired) electrons. The van der Waals surface area contributed by atoms with Gasteiger partial charge in [0.1, 0.15) is 0 Å². The van der Waals surface area contributed by atoms with Crippen molar-refractivity contribution in [2.45, 2.75) is 13.3 Å². The molecule has 1 fully saturated rings. The van der Waals surface area contributed by atoms with Gasteiger partial charge in [-0.3, -0.25) is 0 Å². The van der Waals surface area contributed by atoms with Crippen LogP contribution >= 0.6 is 0 Å². The number of nitrogens with one attached hydrogen (secondary N) is 1. The zero-order chi connectivity index (χ0) is 11.0. The van der Waals surface area contributed by atoms with E-state index in [0.29, 0.717) is 31.8 Å². The smallest absolute Gasteiger partial charge is 0.0701 e. The minimum atomic E-state index is 0.469. The maximum absolute atomic E-state index is 5.49. The molecule has 1 aliphatic rings. The maximum atomic E-state index is 5.49. The summed E-state index contributed by atoms with van der Waals surface area (Å²) >= 11 is 0. The van der Waals surface area contributed by atoms with Crippen LogP contribution in [0.4, 0.5) is 0 Å².